The predicted octanol–water partition coefficient (Wildman–Crippen LogP) is 7.87. The molecule has 2 saturated carbocycles. The Labute approximate surface area is 169 Å². The van der Waals surface area contributed by atoms with Crippen LogP contribution in [0.5, 0.6) is 0 Å². The Balaban J connectivity index is 2.01. The van der Waals surface area contributed by atoms with Crippen LogP contribution in [0.2, 0.25) is 0 Å². The second-order valence-corrected chi connectivity index (χ2v) is 9.34. The van der Waals surface area contributed by atoms with Crippen LogP contribution < -0.4 is 0 Å². The van der Waals surface area contributed by atoms with Crippen molar-refractivity contribution in [3.05, 3.63) is 12.3 Å². The first-order chi connectivity index (χ1) is 13.1. The van der Waals surface area contributed by atoms with E-state index in [1.807, 2.05) is 6.92 Å². The van der Waals surface area contributed by atoms with E-state index >= 15 is 0 Å². The summed E-state index contributed by atoms with van der Waals surface area (Å²) in [7, 11) is 0. The van der Waals surface area contributed by atoms with E-state index in [1.165, 1.54) is 83.5 Å². The maximum Gasteiger partial charge on any atom is 0.199 e. The maximum absolute atomic E-state index is 6.39. The molecule has 0 radical (unpaired) electrons. The third kappa shape index (κ3) is 8.18. The highest BCUT2D eigenvalue weighted by molar-refractivity contribution is 4.84. The molecule has 2 aliphatic carbocycles. The molecule has 2 atom stereocenters. The van der Waals surface area contributed by atoms with E-state index < -0.39 is 0 Å². The number of hydrogen-bond donors (Lipinski definition) is 0. The molecule has 27 heavy (non-hydrogen) atoms. The minimum atomic E-state index is -0.0951. The summed E-state index contributed by atoms with van der Waals surface area (Å²) in [5.41, 5.74) is 0. The number of rotatable bonds is 12. The van der Waals surface area contributed by atoms with E-state index in [1.54, 1.807) is 0 Å². The summed E-state index contributed by atoms with van der Waals surface area (Å²) in [4.78, 5) is 0. The largest absolute Gasteiger partial charge is 0.470 e. The quantitative estimate of drug-likeness (QED) is 0.254. The molecule has 0 spiro atoms. The molecule has 2 heteroatoms. The Kier molecular flexibility index (Phi) is 10.9. The highest BCUT2D eigenvalue weighted by Gasteiger charge is 2.34. The fourth-order valence-corrected chi connectivity index (χ4v) is 5.55. The molecule has 0 aromatic rings. The van der Waals surface area contributed by atoms with Crippen molar-refractivity contribution < 1.29 is 9.47 Å². The molecule has 0 bridgehead atoms. The Hall–Kier alpha value is -0.500. The van der Waals surface area contributed by atoms with Gasteiger partial charge in [0.2, 0.25) is 0 Å². The van der Waals surface area contributed by atoms with Crippen LogP contribution >= 0.6 is 0 Å². The van der Waals surface area contributed by atoms with Crippen molar-refractivity contribution in [2.75, 3.05) is 6.61 Å². The molecular formula is C25H46O2. The van der Waals surface area contributed by atoms with Gasteiger partial charge in [0.05, 0.1) is 12.4 Å². The molecule has 0 aromatic carbocycles. The summed E-state index contributed by atoms with van der Waals surface area (Å²) in [5.74, 6) is 4.02. The fourth-order valence-electron chi connectivity index (χ4n) is 5.55. The Morgan fingerprint density at radius 2 is 1.48 bits per heavy atom. The number of allylic oxidation sites excluding steroid dienone is 1. The van der Waals surface area contributed by atoms with E-state index in [2.05, 4.69) is 20.4 Å². The Morgan fingerprint density at radius 1 is 0.926 bits per heavy atom. The van der Waals surface area contributed by atoms with Crippen LogP contribution in [0, 0.1) is 23.7 Å². The minimum absolute atomic E-state index is 0.0951. The lowest BCUT2D eigenvalue weighted by atomic mass is 9.68. The van der Waals surface area contributed by atoms with E-state index in [-0.39, 0.29) is 6.29 Å². The molecule has 2 rings (SSSR count). The van der Waals surface area contributed by atoms with Gasteiger partial charge in [-0.15, -0.1) is 0 Å². The Bertz CT molecular complexity index is 375. The summed E-state index contributed by atoms with van der Waals surface area (Å²) < 4.78 is 12.5. The maximum atomic E-state index is 6.39. The molecule has 2 aliphatic rings. The molecule has 0 aromatic heterocycles. The van der Waals surface area contributed by atoms with Crippen LogP contribution in [0.1, 0.15) is 111 Å². The zero-order valence-corrected chi connectivity index (χ0v) is 18.5. The van der Waals surface area contributed by atoms with E-state index in [9.17, 15) is 0 Å². The zero-order chi connectivity index (χ0) is 19.5. The summed E-state index contributed by atoms with van der Waals surface area (Å²) >= 11 is 0. The molecule has 0 heterocycles. The first kappa shape index (κ1) is 22.8. The van der Waals surface area contributed by atoms with Crippen molar-refractivity contribution in [3.63, 3.8) is 0 Å². The standard InChI is InChI=1S/C25H46O2/c1-5-13-21(6-2)19-26-25(27-20(3)4)18-24(22-14-9-7-10-15-22)23-16-11-8-12-17-23/h21-25H,3,5-19H2,1-2,4H3. The molecule has 0 aliphatic heterocycles. The van der Waals surface area contributed by atoms with Crippen molar-refractivity contribution >= 4 is 0 Å². The second-order valence-electron chi connectivity index (χ2n) is 9.34. The van der Waals surface area contributed by atoms with Crippen LogP contribution in [-0.4, -0.2) is 12.9 Å². The van der Waals surface area contributed by atoms with Crippen LogP contribution in [0.25, 0.3) is 0 Å². The monoisotopic (exact) mass is 378 g/mol. The highest BCUT2D eigenvalue weighted by atomic mass is 16.7. The van der Waals surface area contributed by atoms with Gasteiger partial charge in [-0.2, -0.15) is 0 Å². The smallest absolute Gasteiger partial charge is 0.199 e. The fraction of sp³-hybridized carbons (Fsp3) is 0.920. The van der Waals surface area contributed by atoms with Crippen molar-refractivity contribution in [1.82, 2.24) is 0 Å². The van der Waals surface area contributed by atoms with E-state index in [4.69, 9.17) is 9.47 Å². The first-order valence-electron chi connectivity index (χ1n) is 12.1. The van der Waals surface area contributed by atoms with Crippen LogP contribution in [-0.2, 0) is 9.47 Å². The van der Waals surface area contributed by atoms with Gasteiger partial charge in [-0.25, -0.2) is 0 Å². The van der Waals surface area contributed by atoms with Gasteiger partial charge in [-0.1, -0.05) is 97.5 Å². The lowest BCUT2D eigenvalue weighted by Gasteiger charge is -2.39. The van der Waals surface area contributed by atoms with Crippen molar-refractivity contribution in [1.29, 1.82) is 0 Å². The van der Waals surface area contributed by atoms with Gasteiger partial charge >= 0.3 is 0 Å². The third-order valence-corrected chi connectivity index (χ3v) is 7.10. The highest BCUT2D eigenvalue weighted by Crippen LogP contribution is 2.42. The van der Waals surface area contributed by atoms with Gasteiger partial charge in [0.1, 0.15) is 0 Å². The average Bonchev–Trinajstić information content (AvgIpc) is 2.69. The van der Waals surface area contributed by atoms with Gasteiger partial charge in [0, 0.05) is 6.42 Å². The van der Waals surface area contributed by atoms with Gasteiger partial charge in [-0.3, -0.25) is 0 Å². The minimum Gasteiger partial charge on any atom is -0.470 e. The van der Waals surface area contributed by atoms with E-state index in [0.29, 0.717) is 5.92 Å². The topological polar surface area (TPSA) is 18.5 Å². The average molecular weight is 379 g/mol. The number of ether oxygens (including phenoxy) is 2. The predicted molar refractivity (Wildman–Crippen MR) is 116 cm³/mol. The lowest BCUT2D eigenvalue weighted by molar-refractivity contribution is -0.144. The van der Waals surface area contributed by atoms with Crippen molar-refractivity contribution in [3.8, 4) is 0 Å². The van der Waals surface area contributed by atoms with Crippen LogP contribution in [0.15, 0.2) is 12.3 Å². The zero-order valence-electron chi connectivity index (χ0n) is 18.5. The molecule has 158 valence electrons. The van der Waals surface area contributed by atoms with Crippen LogP contribution in [0.4, 0.5) is 0 Å². The first-order valence-corrected chi connectivity index (χ1v) is 12.1. The summed E-state index contributed by atoms with van der Waals surface area (Å²) in [5, 5.41) is 0. The van der Waals surface area contributed by atoms with Gasteiger partial charge in [-0.05, 0) is 37.0 Å². The molecule has 2 nitrogen and oxygen atoms in total. The molecular weight excluding hydrogens is 332 g/mol. The van der Waals surface area contributed by atoms with Crippen molar-refractivity contribution in [2.45, 2.75) is 117 Å². The molecule has 0 amide bonds. The summed E-state index contributed by atoms with van der Waals surface area (Å²) in [6.45, 7) is 11.4. The van der Waals surface area contributed by atoms with E-state index in [0.717, 1.165) is 36.5 Å². The van der Waals surface area contributed by atoms with Crippen LogP contribution in [0.3, 0.4) is 0 Å². The SMILES string of the molecule is C=C(C)OC(CC(C1CCCCC1)C1CCCCC1)OCC(CC)CCC. The second kappa shape index (κ2) is 12.9. The van der Waals surface area contributed by atoms with Gasteiger partial charge < -0.3 is 9.47 Å². The van der Waals surface area contributed by atoms with Crippen molar-refractivity contribution in [2.24, 2.45) is 23.7 Å². The molecule has 2 unspecified atom stereocenters. The Morgan fingerprint density at radius 3 is 1.93 bits per heavy atom. The molecule has 2 fully saturated rings. The lowest BCUT2D eigenvalue weighted by Crippen LogP contribution is -2.33. The summed E-state index contributed by atoms with van der Waals surface area (Å²) in [6.07, 6.45) is 18.9. The van der Waals surface area contributed by atoms with Gasteiger partial charge in [0.15, 0.2) is 6.29 Å². The van der Waals surface area contributed by atoms with Gasteiger partial charge in [0.25, 0.3) is 0 Å². The number of hydrogen-bond acceptors (Lipinski definition) is 2. The third-order valence-electron chi connectivity index (χ3n) is 7.10. The normalized spacial score (nSPS) is 21.9. The summed E-state index contributed by atoms with van der Waals surface area (Å²) in [6, 6.07) is 0. The molecule has 0 saturated heterocycles. The molecule has 0 N–H and O–H groups in total.